The number of aliphatic hydroxyl groups is 2. The van der Waals surface area contributed by atoms with Gasteiger partial charge in [-0.25, -0.2) is 9.59 Å². The average molecular weight is 192 g/mol. The molecule has 0 aliphatic carbocycles. The van der Waals surface area contributed by atoms with Crippen LogP contribution in [-0.2, 0) is 9.59 Å². The summed E-state index contributed by atoms with van der Waals surface area (Å²) < 4.78 is 0. The Kier molecular flexibility index (Phi) is 10.9. The third-order valence-electron chi connectivity index (χ3n) is 0.805. The molecule has 2 atom stereocenters. The normalized spacial score (nSPS) is 13.2. The molecule has 0 aromatic carbocycles. The summed E-state index contributed by atoms with van der Waals surface area (Å²) in [5.41, 5.74) is 0. The largest absolute Gasteiger partial charge is 1.00 e. The second-order valence-corrected chi connectivity index (χ2v) is 1.57. The molecular weight excluding hydrogens is 186 g/mol. The van der Waals surface area contributed by atoms with Crippen LogP contribution in [0, 0.1) is 0 Å². The van der Waals surface area contributed by atoms with E-state index in [1.54, 1.807) is 0 Å². The third-order valence-corrected chi connectivity index (χ3v) is 0.805. The van der Waals surface area contributed by atoms with Crippen LogP contribution in [-0.4, -0.2) is 44.6 Å². The minimum absolute atomic E-state index is 0. The van der Waals surface area contributed by atoms with E-state index in [1.165, 1.54) is 0 Å². The summed E-state index contributed by atoms with van der Waals surface area (Å²) in [5.74, 6) is -3.54. The van der Waals surface area contributed by atoms with Gasteiger partial charge in [-0.3, -0.25) is 0 Å². The van der Waals surface area contributed by atoms with E-state index in [2.05, 4.69) is 0 Å². The van der Waals surface area contributed by atoms with Crippen LogP contribution in [0.5, 0.6) is 0 Å². The summed E-state index contributed by atoms with van der Waals surface area (Å²) in [6, 6.07) is 0. The molecule has 0 saturated heterocycles. The van der Waals surface area contributed by atoms with E-state index in [4.69, 9.17) is 20.4 Å². The quantitative estimate of drug-likeness (QED) is 0.330. The Morgan fingerprint density at radius 2 is 1.08 bits per heavy atom. The second kappa shape index (κ2) is 7.40. The predicted molar refractivity (Wildman–Crippen MR) is 27.3 cm³/mol. The molecule has 0 bridgehead atoms. The van der Waals surface area contributed by atoms with Gasteiger partial charge in [-0.2, -0.15) is 0 Å². The minimum Gasteiger partial charge on any atom is -1.00 e. The molecule has 4 N–H and O–H groups in total. The molecule has 0 saturated carbocycles. The molecule has 0 aromatic rings. The van der Waals surface area contributed by atoms with Crippen LogP contribution >= 0.6 is 0 Å². The van der Waals surface area contributed by atoms with Crippen molar-refractivity contribution in [2.75, 3.05) is 0 Å². The van der Waals surface area contributed by atoms with Crippen molar-refractivity contribution in [1.82, 2.24) is 0 Å². The Morgan fingerprint density at radius 1 is 0.917 bits per heavy atom. The number of carboxylic acids is 2. The van der Waals surface area contributed by atoms with Gasteiger partial charge in [0.15, 0.2) is 12.2 Å². The molecule has 0 rings (SSSR count). The Hall–Kier alpha value is -0.253. The fourth-order valence-corrected chi connectivity index (χ4v) is 0.270. The van der Waals surface area contributed by atoms with Crippen molar-refractivity contribution in [2.24, 2.45) is 0 Å². The van der Waals surface area contributed by atoms with Crippen LogP contribution in [0.15, 0.2) is 0 Å². The number of rotatable bonds is 3. The molecular formula is C4H6ClLiO6. The molecule has 0 aliphatic rings. The zero-order valence-corrected chi connectivity index (χ0v) is 6.89. The van der Waals surface area contributed by atoms with Crippen LogP contribution in [0.25, 0.3) is 0 Å². The van der Waals surface area contributed by atoms with Gasteiger partial charge >= 0.3 is 30.8 Å². The first-order chi connectivity index (χ1) is 4.46. The molecule has 2 unspecified atom stereocenters. The molecule has 0 spiro atoms. The Morgan fingerprint density at radius 3 is 1.17 bits per heavy atom. The SMILES string of the molecule is O=C(O)C(O)C(O)C(=O)O.[Cl-].[Li+]. The Balaban J connectivity index is -0.000000405. The molecule has 8 heteroatoms. The summed E-state index contributed by atoms with van der Waals surface area (Å²) in [6.45, 7) is 0. The summed E-state index contributed by atoms with van der Waals surface area (Å²) in [7, 11) is 0. The fourth-order valence-electron chi connectivity index (χ4n) is 0.270. The summed E-state index contributed by atoms with van der Waals surface area (Å²) in [6.07, 6.45) is -4.53. The van der Waals surface area contributed by atoms with Crippen LogP contribution in [0.2, 0.25) is 0 Å². The van der Waals surface area contributed by atoms with Crippen molar-refractivity contribution in [3.8, 4) is 0 Å². The van der Waals surface area contributed by atoms with Crippen LogP contribution < -0.4 is 31.3 Å². The van der Waals surface area contributed by atoms with Gasteiger partial charge < -0.3 is 32.8 Å². The van der Waals surface area contributed by atoms with E-state index in [0.29, 0.717) is 0 Å². The number of halogens is 1. The van der Waals surface area contributed by atoms with Crippen LogP contribution in [0.1, 0.15) is 0 Å². The number of hydrogen-bond donors (Lipinski definition) is 4. The van der Waals surface area contributed by atoms with Gasteiger partial charge in [0.05, 0.1) is 0 Å². The number of hydrogen-bond acceptors (Lipinski definition) is 4. The number of carbonyl (C=O) groups is 2. The number of aliphatic hydroxyl groups excluding tert-OH is 2. The van der Waals surface area contributed by atoms with Gasteiger partial charge in [0.25, 0.3) is 0 Å². The van der Waals surface area contributed by atoms with Crippen LogP contribution in [0.3, 0.4) is 0 Å². The maximum absolute atomic E-state index is 9.77. The van der Waals surface area contributed by atoms with Crippen molar-refractivity contribution in [1.29, 1.82) is 0 Å². The third kappa shape index (κ3) is 5.40. The summed E-state index contributed by atoms with van der Waals surface area (Å²) >= 11 is 0. The van der Waals surface area contributed by atoms with Crippen molar-refractivity contribution in [2.45, 2.75) is 12.2 Å². The molecule has 12 heavy (non-hydrogen) atoms. The molecule has 0 radical (unpaired) electrons. The smallest absolute Gasteiger partial charge is 1.00 e. The average Bonchev–Trinajstić information content (AvgIpc) is 1.84. The predicted octanol–water partition coefficient (Wildman–Crippen LogP) is -8.11. The van der Waals surface area contributed by atoms with Gasteiger partial charge in [-0.15, -0.1) is 0 Å². The molecule has 0 aromatic heterocycles. The molecule has 0 amide bonds. The number of carboxylic acid groups (broad SMARTS) is 2. The maximum Gasteiger partial charge on any atom is 1.00 e. The van der Waals surface area contributed by atoms with E-state index >= 15 is 0 Å². The first-order valence-electron chi connectivity index (χ1n) is 2.28. The van der Waals surface area contributed by atoms with Crippen LogP contribution in [0.4, 0.5) is 0 Å². The second-order valence-electron chi connectivity index (χ2n) is 1.57. The van der Waals surface area contributed by atoms with E-state index in [9.17, 15) is 9.59 Å². The molecule has 66 valence electrons. The van der Waals surface area contributed by atoms with Crippen molar-refractivity contribution >= 4 is 11.9 Å². The monoisotopic (exact) mass is 192 g/mol. The van der Waals surface area contributed by atoms with E-state index in [0.717, 1.165) is 0 Å². The zero-order valence-electron chi connectivity index (χ0n) is 6.14. The van der Waals surface area contributed by atoms with Crippen molar-refractivity contribution in [3.05, 3.63) is 0 Å². The first-order valence-corrected chi connectivity index (χ1v) is 2.28. The first kappa shape index (κ1) is 17.7. The molecule has 6 nitrogen and oxygen atoms in total. The number of aliphatic carboxylic acids is 2. The van der Waals surface area contributed by atoms with Gasteiger partial charge in [0, 0.05) is 0 Å². The maximum atomic E-state index is 9.77. The summed E-state index contributed by atoms with van der Waals surface area (Å²) in [5, 5.41) is 32.5. The zero-order chi connectivity index (χ0) is 8.31. The van der Waals surface area contributed by atoms with Gasteiger partial charge in [0.1, 0.15) is 0 Å². The fraction of sp³-hybridized carbons (Fsp3) is 0.500. The van der Waals surface area contributed by atoms with Gasteiger partial charge in [0.2, 0.25) is 0 Å². The van der Waals surface area contributed by atoms with E-state index in [1.807, 2.05) is 0 Å². The van der Waals surface area contributed by atoms with Crippen molar-refractivity contribution < 1.29 is 61.3 Å². The topological polar surface area (TPSA) is 115 Å². The summed E-state index contributed by atoms with van der Waals surface area (Å²) in [4.78, 5) is 19.5. The molecule has 0 heterocycles. The minimum atomic E-state index is -2.27. The molecule has 0 aliphatic heterocycles. The van der Waals surface area contributed by atoms with E-state index in [-0.39, 0.29) is 31.3 Å². The van der Waals surface area contributed by atoms with Gasteiger partial charge in [-0.1, -0.05) is 0 Å². The van der Waals surface area contributed by atoms with Gasteiger partial charge in [-0.05, 0) is 0 Å². The van der Waals surface area contributed by atoms with Crippen molar-refractivity contribution in [3.63, 3.8) is 0 Å². The Labute approximate surface area is 85.8 Å². The standard InChI is InChI=1S/C4H6O6.ClH.Li/c5-1(3(7)8)2(6)4(9)10;;/h1-2,5-6H,(H,7,8)(H,9,10);1H;/q;;+1/p-1. The van der Waals surface area contributed by atoms with E-state index < -0.39 is 24.1 Å². The molecule has 0 fully saturated rings. The Bertz CT molecular complexity index is 144.